The Hall–Kier alpha value is -2.69. The molecule has 0 aliphatic rings. The van der Waals surface area contributed by atoms with Gasteiger partial charge < -0.3 is 9.47 Å². The Bertz CT molecular complexity index is 689. The van der Waals surface area contributed by atoms with E-state index in [2.05, 4.69) is 0 Å². The third kappa shape index (κ3) is 5.19. The highest BCUT2D eigenvalue weighted by atomic mass is 19.1. The first kappa shape index (κ1) is 17.7. The van der Waals surface area contributed by atoms with Gasteiger partial charge in [-0.25, -0.2) is 13.6 Å². The zero-order chi connectivity index (χ0) is 17.4. The van der Waals surface area contributed by atoms with Crippen LogP contribution in [0.25, 0.3) is 0 Å². The summed E-state index contributed by atoms with van der Waals surface area (Å²) in [7, 11) is 0. The van der Waals surface area contributed by atoms with Crippen molar-refractivity contribution >= 4 is 5.97 Å². The molecule has 0 amide bonds. The van der Waals surface area contributed by atoms with Crippen LogP contribution in [0.15, 0.2) is 54.6 Å². The molecule has 24 heavy (non-hydrogen) atoms. The molecule has 2 rings (SSSR count). The monoisotopic (exact) mass is 332 g/mol. The zero-order valence-corrected chi connectivity index (χ0v) is 13.3. The van der Waals surface area contributed by atoms with E-state index < -0.39 is 23.4 Å². The van der Waals surface area contributed by atoms with Gasteiger partial charge in [-0.1, -0.05) is 36.4 Å². The molecule has 0 saturated heterocycles. The van der Waals surface area contributed by atoms with Crippen molar-refractivity contribution in [2.75, 3.05) is 6.61 Å². The van der Waals surface area contributed by atoms with E-state index in [1.807, 2.05) is 30.3 Å². The Balaban J connectivity index is 2.01. The standard InChI is InChI=1S/C19H18F2O3/c1-2-23-18(22)10-6-9-15-11-16(20)19(17(21)12-15)24-13-14-7-4-3-5-8-14/h3-8,10-12H,2,9,13H2,1H3. The van der Waals surface area contributed by atoms with Gasteiger partial charge >= 0.3 is 5.97 Å². The Kier molecular flexibility index (Phi) is 6.49. The minimum absolute atomic E-state index is 0.0801. The van der Waals surface area contributed by atoms with E-state index in [1.54, 1.807) is 6.92 Å². The van der Waals surface area contributed by atoms with Gasteiger partial charge in [-0.05, 0) is 36.6 Å². The van der Waals surface area contributed by atoms with Crippen LogP contribution in [0, 0.1) is 11.6 Å². The topological polar surface area (TPSA) is 35.5 Å². The normalized spacial score (nSPS) is 10.8. The van der Waals surface area contributed by atoms with Crippen molar-refractivity contribution < 1.29 is 23.0 Å². The average Bonchev–Trinajstić information content (AvgIpc) is 2.55. The molecule has 2 aromatic carbocycles. The number of ether oxygens (including phenoxy) is 2. The Labute approximate surface area is 139 Å². The minimum atomic E-state index is -0.773. The predicted octanol–water partition coefficient (Wildman–Crippen LogP) is 4.21. The van der Waals surface area contributed by atoms with Crippen molar-refractivity contribution in [1.82, 2.24) is 0 Å². The molecule has 0 unspecified atom stereocenters. The maximum absolute atomic E-state index is 14.0. The summed E-state index contributed by atoms with van der Waals surface area (Å²) in [6.45, 7) is 2.06. The van der Waals surface area contributed by atoms with Crippen LogP contribution in [0.1, 0.15) is 18.1 Å². The first-order chi connectivity index (χ1) is 11.6. The number of carbonyl (C=O) groups is 1. The summed E-state index contributed by atoms with van der Waals surface area (Å²) in [5.74, 6) is -2.44. The van der Waals surface area contributed by atoms with Crippen molar-refractivity contribution in [2.45, 2.75) is 20.0 Å². The lowest BCUT2D eigenvalue weighted by molar-refractivity contribution is -0.137. The molecule has 0 radical (unpaired) electrons. The second kappa shape index (κ2) is 8.82. The second-order valence-electron chi connectivity index (χ2n) is 5.02. The Morgan fingerprint density at radius 2 is 1.75 bits per heavy atom. The smallest absolute Gasteiger partial charge is 0.330 e. The quantitative estimate of drug-likeness (QED) is 0.563. The fourth-order valence-electron chi connectivity index (χ4n) is 2.08. The Morgan fingerprint density at radius 3 is 2.38 bits per heavy atom. The molecule has 0 N–H and O–H groups in total. The summed E-state index contributed by atoms with van der Waals surface area (Å²) in [4.78, 5) is 11.2. The van der Waals surface area contributed by atoms with Crippen LogP contribution in [0.4, 0.5) is 8.78 Å². The number of hydrogen-bond donors (Lipinski definition) is 0. The van der Waals surface area contributed by atoms with E-state index in [0.717, 1.165) is 5.56 Å². The molecule has 126 valence electrons. The molecular weight excluding hydrogens is 314 g/mol. The van der Waals surface area contributed by atoms with E-state index in [4.69, 9.17) is 9.47 Å². The summed E-state index contributed by atoms with van der Waals surface area (Å²) < 4.78 is 38.0. The summed E-state index contributed by atoms with van der Waals surface area (Å²) in [6, 6.07) is 11.5. The van der Waals surface area contributed by atoms with Crippen LogP contribution in [-0.2, 0) is 22.6 Å². The summed E-state index contributed by atoms with van der Waals surface area (Å²) >= 11 is 0. The van der Waals surface area contributed by atoms with Gasteiger partial charge in [-0.2, -0.15) is 0 Å². The SMILES string of the molecule is CCOC(=O)C=CCc1cc(F)c(OCc2ccccc2)c(F)c1. The molecule has 0 spiro atoms. The second-order valence-corrected chi connectivity index (χ2v) is 5.02. The number of esters is 1. The van der Waals surface area contributed by atoms with E-state index in [0.29, 0.717) is 5.56 Å². The maximum atomic E-state index is 14.0. The summed E-state index contributed by atoms with van der Waals surface area (Å²) in [5, 5.41) is 0. The van der Waals surface area contributed by atoms with Gasteiger partial charge in [0, 0.05) is 6.08 Å². The molecule has 0 saturated carbocycles. The van der Waals surface area contributed by atoms with Crippen LogP contribution >= 0.6 is 0 Å². The zero-order valence-electron chi connectivity index (χ0n) is 13.3. The highest BCUT2D eigenvalue weighted by Crippen LogP contribution is 2.24. The number of hydrogen-bond acceptors (Lipinski definition) is 3. The third-order valence-corrected chi connectivity index (χ3v) is 3.18. The van der Waals surface area contributed by atoms with Gasteiger partial charge in [-0.15, -0.1) is 0 Å². The molecule has 5 heteroatoms. The maximum Gasteiger partial charge on any atom is 0.330 e. The number of halogens is 2. The highest BCUT2D eigenvalue weighted by Gasteiger charge is 2.12. The van der Waals surface area contributed by atoms with E-state index >= 15 is 0 Å². The van der Waals surface area contributed by atoms with Gasteiger partial charge in [0.2, 0.25) is 0 Å². The van der Waals surface area contributed by atoms with Crippen molar-refractivity contribution in [3.8, 4) is 5.75 Å². The van der Waals surface area contributed by atoms with Gasteiger partial charge in [0.15, 0.2) is 17.4 Å². The number of allylic oxidation sites excluding steroid dienone is 1. The first-order valence-electron chi connectivity index (χ1n) is 7.58. The van der Waals surface area contributed by atoms with E-state index in [1.165, 1.54) is 24.3 Å². The lowest BCUT2D eigenvalue weighted by Gasteiger charge is -2.10. The van der Waals surface area contributed by atoms with Gasteiger partial charge in [0.25, 0.3) is 0 Å². The number of benzene rings is 2. The van der Waals surface area contributed by atoms with E-state index in [9.17, 15) is 13.6 Å². The summed E-state index contributed by atoms with van der Waals surface area (Å²) in [5.41, 5.74) is 1.22. The molecule has 3 nitrogen and oxygen atoms in total. The Morgan fingerprint density at radius 1 is 1.08 bits per heavy atom. The molecule has 0 bridgehead atoms. The number of carbonyl (C=O) groups excluding carboxylic acids is 1. The van der Waals surface area contributed by atoms with Crippen LogP contribution in [0.3, 0.4) is 0 Å². The number of rotatable bonds is 7. The van der Waals surface area contributed by atoms with Crippen molar-refractivity contribution in [1.29, 1.82) is 0 Å². The molecule has 0 aliphatic heterocycles. The van der Waals surface area contributed by atoms with Gasteiger partial charge in [0.1, 0.15) is 6.61 Å². The molecule has 0 aliphatic carbocycles. The fourth-order valence-corrected chi connectivity index (χ4v) is 2.08. The molecule has 0 heterocycles. The van der Waals surface area contributed by atoms with Crippen LogP contribution in [-0.4, -0.2) is 12.6 Å². The lowest BCUT2D eigenvalue weighted by Crippen LogP contribution is -2.01. The molecule has 0 atom stereocenters. The van der Waals surface area contributed by atoms with Crippen molar-refractivity contribution in [3.05, 3.63) is 77.4 Å². The lowest BCUT2D eigenvalue weighted by atomic mass is 10.1. The van der Waals surface area contributed by atoms with E-state index in [-0.39, 0.29) is 19.6 Å². The van der Waals surface area contributed by atoms with Crippen molar-refractivity contribution in [2.24, 2.45) is 0 Å². The van der Waals surface area contributed by atoms with Crippen LogP contribution in [0.5, 0.6) is 5.75 Å². The van der Waals surface area contributed by atoms with Crippen LogP contribution in [0.2, 0.25) is 0 Å². The molecule has 2 aromatic rings. The first-order valence-corrected chi connectivity index (χ1v) is 7.58. The molecular formula is C19H18F2O3. The summed E-state index contributed by atoms with van der Waals surface area (Å²) in [6.07, 6.45) is 2.95. The van der Waals surface area contributed by atoms with Crippen LogP contribution < -0.4 is 4.74 Å². The van der Waals surface area contributed by atoms with Crippen molar-refractivity contribution in [3.63, 3.8) is 0 Å². The largest absolute Gasteiger partial charge is 0.483 e. The van der Waals surface area contributed by atoms with Gasteiger partial charge in [0.05, 0.1) is 6.61 Å². The van der Waals surface area contributed by atoms with Gasteiger partial charge in [-0.3, -0.25) is 0 Å². The molecule has 0 fully saturated rings. The minimum Gasteiger partial charge on any atom is -0.483 e. The predicted molar refractivity (Wildman–Crippen MR) is 86.6 cm³/mol. The third-order valence-electron chi connectivity index (χ3n) is 3.18. The highest BCUT2D eigenvalue weighted by molar-refractivity contribution is 5.81. The average molecular weight is 332 g/mol. The fraction of sp³-hybridized carbons (Fsp3) is 0.211. The molecule has 0 aromatic heterocycles.